The van der Waals surface area contributed by atoms with Gasteiger partial charge in [-0.25, -0.2) is 14.4 Å². The van der Waals surface area contributed by atoms with Crippen LogP contribution in [0.15, 0.2) is 30.5 Å². The molecule has 19 heavy (non-hydrogen) atoms. The van der Waals surface area contributed by atoms with E-state index in [4.69, 9.17) is 5.73 Å². The molecule has 1 aromatic heterocycles. The van der Waals surface area contributed by atoms with Gasteiger partial charge in [-0.05, 0) is 26.0 Å². The summed E-state index contributed by atoms with van der Waals surface area (Å²) >= 11 is 0. The number of anilines is 2. The molecule has 5 heteroatoms. The molecule has 0 bridgehead atoms. The zero-order valence-corrected chi connectivity index (χ0v) is 11.1. The highest BCUT2D eigenvalue weighted by Crippen LogP contribution is 2.24. The van der Waals surface area contributed by atoms with Gasteiger partial charge in [-0.2, -0.15) is 0 Å². The van der Waals surface area contributed by atoms with Crippen molar-refractivity contribution in [3.63, 3.8) is 0 Å². The third-order valence-electron chi connectivity index (χ3n) is 2.99. The van der Waals surface area contributed by atoms with Crippen molar-refractivity contribution in [2.24, 2.45) is 5.73 Å². The SMILES string of the molecule is CCN(c1ncc(CN)c(C)n1)c1ccccc1F. The molecule has 0 unspecified atom stereocenters. The van der Waals surface area contributed by atoms with E-state index in [2.05, 4.69) is 9.97 Å². The van der Waals surface area contributed by atoms with Gasteiger partial charge in [0.15, 0.2) is 0 Å². The molecule has 0 radical (unpaired) electrons. The molecule has 0 saturated carbocycles. The minimum Gasteiger partial charge on any atom is -0.326 e. The molecule has 4 nitrogen and oxygen atoms in total. The summed E-state index contributed by atoms with van der Waals surface area (Å²) in [4.78, 5) is 10.4. The first-order valence-corrected chi connectivity index (χ1v) is 6.22. The molecule has 2 rings (SSSR count). The molecular formula is C14H17FN4. The summed E-state index contributed by atoms with van der Waals surface area (Å²) in [5.41, 5.74) is 7.79. The van der Waals surface area contributed by atoms with E-state index in [0.29, 0.717) is 24.7 Å². The number of hydrogen-bond acceptors (Lipinski definition) is 4. The first-order chi connectivity index (χ1) is 9.17. The largest absolute Gasteiger partial charge is 0.326 e. The zero-order valence-electron chi connectivity index (χ0n) is 11.1. The lowest BCUT2D eigenvalue weighted by Crippen LogP contribution is -2.21. The third kappa shape index (κ3) is 2.71. The molecule has 0 spiro atoms. The summed E-state index contributed by atoms with van der Waals surface area (Å²) in [5, 5.41) is 0. The Bertz CT molecular complexity index is 571. The van der Waals surface area contributed by atoms with Gasteiger partial charge >= 0.3 is 0 Å². The van der Waals surface area contributed by atoms with Crippen LogP contribution in [-0.4, -0.2) is 16.5 Å². The van der Waals surface area contributed by atoms with E-state index in [9.17, 15) is 4.39 Å². The maximum absolute atomic E-state index is 13.8. The lowest BCUT2D eigenvalue weighted by atomic mass is 10.2. The summed E-state index contributed by atoms with van der Waals surface area (Å²) in [6, 6.07) is 6.60. The minimum absolute atomic E-state index is 0.284. The summed E-state index contributed by atoms with van der Waals surface area (Å²) in [5.74, 6) is 0.204. The van der Waals surface area contributed by atoms with Crippen molar-refractivity contribution in [3.8, 4) is 0 Å². The molecule has 0 aliphatic carbocycles. The van der Waals surface area contributed by atoms with Gasteiger partial charge in [0.05, 0.1) is 5.69 Å². The van der Waals surface area contributed by atoms with E-state index in [-0.39, 0.29) is 5.82 Å². The van der Waals surface area contributed by atoms with Gasteiger partial charge < -0.3 is 10.6 Å². The molecular weight excluding hydrogens is 243 g/mol. The molecule has 0 amide bonds. The fourth-order valence-electron chi connectivity index (χ4n) is 1.90. The van der Waals surface area contributed by atoms with E-state index in [1.54, 1.807) is 29.3 Å². The van der Waals surface area contributed by atoms with E-state index in [1.807, 2.05) is 13.8 Å². The number of rotatable bonds is 4. The Morgan fingerprint density at radius 3 is 2.63 bits per heavy atom. The first-order valence-electron chi connectivity index (χ1n) is 6.22. The smallest absolute Gasteiger partial charge is 0.230 e. The van der Waals surface area contributed by atoms with Gasteiger partial charge in [-0.15, -0.1) is 0 Å². The number of aromatic nitrogens is 2. The number of hydrogen-bond donors (Lipinski definition) is 1. The summed E-state index contributed by atoms with van der Waals surface area (Å²) < 4.78 is 13.8. The second kappa shape index (κ2) is 5.75. The highest BCUT2D eigenvalue weighted by molar-refractivity contribution is 5.57. The van der Waals surface area contributed by atoms with E-state index < -0.39 is 0 Å². The first kappa shape index (κ1) is 13.4. The van der Waals surface area contributed by atoms with Crippen LogP contribution in [0.5, 0.6) is 0 Å². The van der Waals surface area contributed by atoms with Gasteiger partial charge in [0.25, 0.3) is 0 Å². The molecule has 0 fully saturated rings. The fourth-order valence-corrected chi connectivity index (χ4v) is 1.90. The van der Waals surface area contributed by atoms with E-state index in [0.717, 1.165) is 11.3 Å². The Morgan fingerprint density at radius 1 is 1.32 bits per heavy atom. The summed E-state index contributed by atoms with van der Waals surface area (Å²) in [6.45, 7) is 4.80. The van der Waals surface area contributed by atoms with Crippen LogP contribution in [0.4, 0.5) is 16.0 Å². The maximum Gasteiger partial charge on any atom is 0.230 e. The third-order valence-corrected chi connectivity index (χ3v) is 2.99. The second-order valence-corrected chi connectivity index (χ2v) is 4.18. The molecule has 0 aliphatic heterocycles. The van der Waals surface area contributed by atoms with Crippen LogP contribution in [0.3, 0.4) is 0 Å². The zero-order chi connectivity index (χ0) is 13.8. The molecule has 1 heterocycles. The van der Waals surface area contributed by atoms with Gasteiger partial charge in [0, 0.05) is 30.5 Å². The minimum atomic E-state index is -0.284. The highest BCUT2D eigenvalue weighted by Gasteiger charge is 2.14. The molecule has 2 N–H and O–H groups in total. The summed E-state index contributed by atoms with van der Waals surface area (Å²) in [7, 11) is 0. The normalized spacial score (nSPS) is 10.5. The van der Waals surface area contributed by atoms with Crippen LogP contribution in [0, 0.1) is 12.7 Å². The van der Waals surface area contributed by atoms with E-state index >= 15 is 0 Å². The average molecular weight is 260 g/mol. The Hall–Kier alpha value is -2.01. The van der Waals surface area contributed by atoms with Gasteiger partial charge in [0.1, 0.15) is 5.82 Å². The quantitative estimate of drug-likeness (QED) is 0.917. The van der Waals surface area contributed by atoms with Crippen molar-refractivity contribution in [1.82, 2.24) is 9.97 Å². The predicted molar refractivity (Wildman–Crippen MR) is 73.7 cm³/mol. The number of nitrogens with zero attached hydrogens (tertiary/aromatic N) is 3. The van der Waals surface area contributed by atoms with Crippen molar-refractivity contribution in [3.05, 3.63) is 47.5 Å². The molecule has 100 valence electrons. The topological polar surface area (TPSA) is 55.0 Å². The molecule has 0 aliphatic rings. The van der Waals surface area contributed by atoms with Crippen LogP contribution in [-0.2, 0) is 6.54 Å². The number of halogens is 1. The second-order valence-electron chi connectivity index (χ2n) is 4.18. The van der Waals surface area contributed by atoms with Crippen LogP contribution >= 0.6 is 0 Å². The molecule has 1 aromatic carbocycles. The Kier molecular flexibility index (Phi) is 4.06. The Morgan fingerprint density at radius 2 is 2.05 bits per heavy atom. The molecule has 0 saturated heterocycles. The monoisotopic (exact) mass is 260 g/mol. The molecule has 2 aromatic rings. The van der Waals surface area contributed by atoms with Crippen molar-refractivity contribution in [2.45, 2.75) is 20.4 Å². The van der Waals surface area contributed by atoms with Crippen molar-refractivity contribution in [2.75, 3.05) is 11.4 Å². The molecule has 0 atom stereocenters. The van der Waals surface area contributed by atoms with Crippen LogP contribution in [0.25, 0.3) is 0 Å². The van der Waals surface area contributed by atoms with Crippen LogP contribution in [0.2, 0.25) is 0 Å². The van der Waals surface area contributed by atoms with Gasteiger partial charge in [-0.1, -0.05) is 12.1 Å². The Balaban J connectivity index is 2.43. The maximum atomic E-state index is 13.8. The van der Waals surface area contributed by atoms with Crippen molar-refractivity contribution < 1.29 is 4.39 Å². The number of benzene rings is 1. The van der Waals surface area contributed by atoms with Gasteiger partial charge in [-0.3, -0.25) is 0 Å². The lowest BCUT2D eigenvalue weighted by Gasteiger charge is -2.22. The summed E-state index contributed by atoms with van der Waals surface area (Å²) in [6.07, 6.45) is 1.70. The van der Waals surface area contributed by atoms with Crippen LogP contribution in [0.1, 0.15) is 18.2 Å². The predicted octanol–water partition coefficient (Wildman–Crippen LogP) is 2.54. The number of aryl methyl sites for hydroxylation is 1. The standard InChI is InChI=1S/C14H17FN4/c1-3-19(13-7-5-4-6-12(13)15)14-17-9-11(8-16)10(2)18-14/h4-7,9H,3,8,16H2,1-2H3. The van der Waals surface area contributed by atoms with Crippen molar-refractivity contribution in [1.29, 1.82) is 0 Å². The van der Waals surface area contributed by atoms with Crippen LogP contribution < -0.4 is 10.6 Å². The number of para-hydroxylation sites is 1. The fraction of sp³-hybridized carbons (Fsp3) is 0.286. The highest BCUT2D eigenvalue weighted by atomic mass is 19.1. The average Bonchev–Trinajstić information content (AvgIpc) is 2.42. The number of nitrogens with two attached hydrogens (primary N) is 1. The lowest BCUT2D eigenvalue weighted by molar-refractivity contribution is 0.624. The van der Waals surface area contributed by atoms with Crippen molar-refractivity contribution >= 4 is 11.6 Å². The van der Waals surface area contributed by atoms with Gasteiger partial charge in [0.2, 0.25) is 5.95 Å². The Labute approximate surface area is 112 Å². The van der Waals surface area contributed by atoms with E-state index in [1.165, 1.54) is 6.07 Å².